The number of nitrogens with one attached hydrogen (secondary N) is 1. The number of carbonyl (C=O) groups is 1. The second-order valence-corrected chi connectivity index (χ2v) is 6.61. The van der Waals surface area contributed by atoms with Gasteiger partial charge in [-0.15, -0.1) is 0 Å². The fourth-order valence-electron chi connectivity index (χ4n) is 2.26. The summed E-state index contributed by atoms with van der Waals surface area (Å²) in [6, 6.07) is 12.0. The first-order chi connectivity index (χ1) is 12.3. The number of alkyl halides is 2. The van der Waals surface area contributed by atoms with Crippen molar-refractivity contribution in [1.82, 2.24) is 5.32 Å². The van der Waals surface area contributed by atoms with Crippen LogP contribution >= 0.6 is 15.9 Å². The summed E-state index contributed by atoms with van der Waals surface area (Å²) >= 11 is 3.41. The summed E-state index contributed by atoms with van der Waals surface area (Å²) in [7, 11) is 0. The molecule has 0 saturated heterocycles. The number of carbonyl (C=O) groups excluding carboxylic acids is 1. The molecule has 26 heavy (non-hydrogen) atoms. The van der Waals surface area contributed by atoms with Crippen LogP contribution in [-0.2, 0) is 11.2 Å². The summed E-state index contributed by atoms with van der Waals surface area (Å²) in [6.45, 7) is 1.22. The molecule has 2 aromatic rings. The van der Waals surface area contributed by atoms with E-state index in [1.807, 2.05) is 25.1 Å². The van der Waals surface area contributed by atoms with E-state index in [1.54, 1.807) is 19.1 Å². The van der Waals surface area contributed by atoms with Crippen molar-refractivity contribution in [2.24, 2.45) is 0 Å². The van der Waals surface area contributed by atoms with E-state index in [2.05, 4.69) is 26.0 Å². The van der Waals surface area contributed by atoms with E-state index < -0.39 is 12.7 Å². The zero-order valence-electron chi connectivity index (χ0n) is 14.5. The van der Waals surface area contributed by atoms with Gasteiger partial charge in [0, 0.05) is 6.54 Å². The zero-order valence-corrected chi connectivity index (χ0v) is 16.1. The molecule has 2 rings (SSSR count). The second-order valence-electron chi connectivity index (χ2n) is 5.76. The fraction of sp³-hybridized carbons (Fsp3) is 0.316. The molecule has 0 aliphatic carbocycles. The van der Waals surface area contributed by atoms with Gasteiger partial charge in [0.05, 0.1) is 4.47 Å². The Hall–Kier alpha value is -2.15. The van der Waals surface area contributed by atoms with Gasteiger partial charge in [0.25, 0.3) is 5.91 Å². The van der Waals surface area contributed by atoms with Crippen LogP contribution in [0.1, 0.15) is 18.1 Å². The van der Waals surface area contributed by atoms with Crippen LogP contribution in [0.4, 0.5) is 8.78 Å². The van der Waals surface area contributed by atoms with E-state index in [9.17, 15) is 13.6 Å². The number of halogens is 3. The molecular formula is C19H20BrF2NO3. The van der Waals surface area contributed by atoms with E-state index in [1.165, 1.54) is 12.1 Å². The van der Waals surface area contributed by atoms with Crippen molar-refractivity contribution in [3.63, 3.8) is 0 Å². The van der Waals surface area contributed by atoms with Crippen LogP contribution < -0.4 is 14.8 Å². The highest BCUT2D eigenvalue weighted by molar-refractivity contribution is 9.10. The number of ether oxygens (including phenoxy) is 2. The molecule has 1 N–H and O–H groups in total. The molecule has 1 amide bonds. The fourth-order valence-corrected chi connectivity index (χ4v) is 2.84. The van der Waals surface area contributed by atoms with E-state index in [4.69, 9.17) is 4.74 Å². The Kier molecular flexibility index (Phi) is 7.38. The third-order valence-corrected chi connectivity index (χ3v) is 4.24. The van der Waals surface area contributed by atoms with Crippen LogP contribution in [0.25, 0.3) is 0 Å². The number of aryl methyl sites for hydroxylation is 1. The van der Waals surface area contributed by atoms with Gasteiger partial charge in [-0.05, 0) is 71.6 Å². The van der Waals surface area contributed by atoms with Crippen molar-refractivity contribution in [3.8, 4) is 11.5 Å². The largest absolute Gasteiger partial charge is 0.480 e. The van der Waals surface area contributed by atoms with Crippen LogP contribution in [-0.4, -0.2) is 25.2 Å². The summed E-state index contributed by atoms with van der Waals surface area (Å²) < 4.78 is 35.0. The molecule has 0 spiro atoms. The van der Waals surface area contributed by atoms with Crippen LogP contribution in [0.5, 0.6) is 11.5 Å². The van der Waals surface area contributed by atoms with Crippen molar-refractivity contribution in [2.45, 2.75) is 33.0 Å². The maximum Gasteiger partial charge on any atom is 0.387 e. The SMILES string of the molecule is Cc1ccc(OC(C)C(=O)NCCc2ccc(OC(F)F)cc2)c(Br)c1. The highest BCUT2D eigenvalue weighted by atomic mass is 79.9. The first-order valence-electron chi connectivity index (χ1n) is 8.09. The maximum atomic E-state index is 12.1. The lowest BCUT2D eigenvalue weighted by Gasteiger charge is -2.16. The molecule has 1 unspecified atom stereocenters. The van der Waals surface area contributed by atoms with Gasteiger partial charge in [0.1, 0.15) is 11.5 Å². The van der Waals surface area contributed by atoms with Crippen LogP contribution in [0.15, 0.2) is 46.9 Å². The minimum Gasteiger partial charge on any atom is -0.480 e. The van der Waals surface area contributed by atoms with Gasteiger partial charge in [0.15, 0.2) is 6.10 Å². The molecule has 0 heterocycles. The number of hydrogen-bond acceptors (Lipinski definition) is 3. The number of amides is 1. The van der Waals surface area contributed by atoms with E-state index in [0.29, 0.717) is 18.7 Å². The van der Waals surface area contributed by atoms with Crippen LogP contribution in [0.2, 0.25) is 0 Å². The second kappa shape index (κ2) is 9.52. The van der Waals surface area contributed by atoms with Gasteiger partial charge >= 0.3 is 6.61 Å². The van der Waals surface area contributed by atoms with E-state index >= 15 is 0 Å². The van der Waals surface area contributed by atoms with Gasteiger partial charge in [-0.25, -0.2) is 0 Å². The maximum absolute atomic E-state index is 12.1. The quantitative estimate of drug-likeness (QED) is 0.675. The average Bonchev–Trinajstić information content (AvgIpc) is 2.58. The van der Waals surface area contributed by atoms with Crippen molar-refractivity contribution in [3.05, 3.63) is 58.1 Å². The minimum absolute atomic E-state index is 0.110. The smallest absolute Gasteiger partial charge is 0.387 e. The van der Waals surface area contributed by atoms with Gasteiger partial charge in [-0.1, -0.05) is 18.2 Å². The lowest BCUT2D eigenvalue weighted by Crippen LogP contribution is -2.37. The van der Waals surface area contributed by atoms with E-state index in [-0.39, 0.29) is 11.7 Å². The predicted molar refractivity (Wildman–Crippen MR) is 98.8 cm³/mol. The molecule has 4 nitrogen and oxygen atoms in total. The molecule has 0 aromatic heterocycles. The molecule has 1 atom stereocenters. The van der Waals surface area contributed by atoms with Crippen molar-refractivity contribution >= 4 is 21.8 Å². The molecule has 0 bridgehead atoms. The summed E-state index contributed by atoms with van der Waals surface area (Å²) in [6.07, 6.45) is -0.0717. The molecule has 2 aromatic carbocycles. The normalized spacial score (nSPS) is 11.9. The Morgan fingerprint density at radius 2 is 1.85 bits per heavy atom. The summed E-state index contributed by atoms with van der Waals surface area (Å²) in [4.78, 5) is 12.1. The first kappa shape index (κ1) is 20.2. The van der Waals surface area contributed by atoms with Gasteiger partial charge in [-0.3, -0.25) is 4.79 Å². The third kappa shape index (κ3) is 6.29. The number of benzene rings is 2. The molecular weight excluding hydrogens is 408 g/mol. The van der Waals surface area contributed by atoms with Gasteiger partial charge in [0.2, 0.25) is 0 Å². The molecule has 0 fully saturated rings. The molecule has 0 aliphatic rings. The third-order valence-electron chi connectivity index (χ3n) is 3.62. The molecule has 140 valence electrons. The summed E-state index contributed by atoms with van der Waals surface area (Å²) in [5.74, 6) is 0.487. The van der Waals surface area contributed by atoms with Crippen LogP contribution in [0.3, 0.4) is 0 Å². The first-order valence-corrected chi connectivity index (χ1v) is 8.88. The van der Waals surface area contributed by atoms with Gasteiger partial charge < -0.3 is 14.8 Å². The van der Waals surface area contributed by atoms with Crippen molar-refractivity contribution in [2.75, 3.05) is 6.54 Å². The Balaban J connectivity index is 1.78. The lowest BCUT2D eigenvalue weighted by atomic mass is 10.1. The Morgan fingerprint density at radius 3 is 2.46 bits per heavy atom. The summed E-state index contributed by atoms with van der Waals surface area (Å²) in [5.41, 5.74) is 1.99. The van der Waals surface area contributed by atoms with Crippen molar-refractivity contribution < 1.29 is 23.0 Å². The Labute approximate surface area is 159 Å². The predicted octanol–water partition coefficient (Wildman–Crippen LogP) is 4.49. The van der Waals surface area contributed by atoms with E-state index in [0.717, 1.165) is 15.6 Å². The highest BCUT2D eigenvalue weighted by Gasteiger charge is 2.15. The molecule has 0 aliphatic heterocycles. The van der Waals surface area contributed by atoms with Crippen molar-refractivity contribution in [1.29, 1.82) is 0 Å². The average molecular weight is 428 g/mol. The lowest BCUT2D eigenvalue weighted by molar-refractivity contribution is -0.127. The summed E-state index contributed by atoms with van der Waals surface area (Å²) in [5, 5.41) is 2.80. The molecule has 0 saturated carbocycles. The molecule has 0 radical (unpaired) electrons. The highest BCUT2D eigenvalue weighted by Crippen LogP contribution is 2.26. The monoisotopic (exact) mass is 427 g/mol. The minimum atomic E-state index is -2.84. The van der Waals surface area contributed by atoms with Crippen LogP contribution in [0, 0.1) is 6.92 Å². The number of rotatable bonds is 8. The zero-order chi connectivity index (χ0) is 19.1. The number of hydrogen-bond donors (Lipinski definition) is 1. The Morgan fingerprint density at radius 1 is 1.15 bits per heavy atom. The topological polar surface area (TPSA) is 47.6 Å². The standard InChI is InChI=1S/C19H20BrF2NO3/c1-12-3-8-17(16(20)11-12)25-13(2)18(24)23-10-9-14-4-6-15(7-5-14)26-19(21)22/h3-8,11,13,19H,9-10H2,1-2H3,(H,23,24). The van der Waals surface area contributed by atoms with Gasteiger partial charge in [-0.2, -0.15) is 8.78 Å². The Bertz CT molecular complexity index is 738. The molecule has 7 heteroatoms.